The van der Waals surface area contributed by atoms with Gasteiger partial charge < -0.3 is 16.0 Å². The van der Waals surface area contributed by atoms with E-state index in [1.807, 2.05) is 19.1 Å². The van der Waals surface area contributed by atoms with Crippen molar-refractivity contribution in [3.8, 4) is 0 Å². The van der Waals surface area contributed by atoms with Crippen LogP contribution in [0.2, 0.25) is 0 Å². The molecule has 1 amide bonds. The monoisotopic (exact) mass is 513 g/mol. The zero-order chi connectivity index (χ0) is 19.6. The van der Waals surface area contributed by atoms with Crippen LogP contribution in [0, 0.1) is 13.8 Å². The number of halogens is 1. The first-order valence-electron chi connectivity index (χ1n) is 8.83. The summed E-state index contributed by atoms with van der Waals surface area (Å²) in [6.07, 6.45) is 2.41. The summed E-state index contributed by atoms with van der Waals surface area (Å²) < 4.78 is 0. The SMILES string of the molecule is CN=C(NCCC(=O)Nc1cccc(C)n1)NCc1ccc(C)cc1SC.I. The minimum atomic E-state index is -0.0840. The van der Waals surface area contributed by atoms with Crippen molar-refractivity contribution in [1.82, 2.24) is 15.6 Å². The number of rotatable bonds is 7. The number of aliphatic imine (C=N–C) groups is 1. The second kappa shape index (κ2) is 12.6. The second-order valence-electron chi connectivity index (χ2n) is 6.13. The van der Waals surface area contributed by atoms with Gasteiger partial charge in [0, 0.05) is 37.1 Å². The fraction of sp³-hybridized carbons (Fsp3) is 0.350. The van der Waals surface area contributed by atoms with Crippen LogP contribution < -0.4 is 16.0 Å². The highest BCUT2D eigenvalue weighted by atomic mass is 127. The van der Waals surface area contributed by atoms with Gasteiger partial charge >= 0.3 is 0 Å². The van der Waals surface area contributed by atoms with Crippen molar-refractivity contribution in [3.05, 3.63) is 53.2 Å². The number of hydrogen-bond acceptors (Lipinski definition) is 4. The number of anilines is 1. The van der Waals surface area contributed by atoms with E-state index < -0.39 is 0 Å². The first kappa shape index (κ1) is 24.2. The van der Waals surface area contributed by atoms with Crippen LogP contribution in [0.4, 0.5) is 5.82 Å². The molecule has 0 aliphatic carbocycles. The Morgan fingerprint density at radius 2 is 1.96 bits per heavy atom. The molecule has 3 N–H and O–H groups in total. The molecule has 0 spiro atoms. The molecule has 1 heterocycles. The number of thioether (sulfide) groups is 1. The van der Waals surface area contributed by atoms with E-state index in [0.29, 0.717) is 31.3 Å². The number of nitrogens with one attached hydrogen (secondary N) is 3. The first-order chi connectivity index (χ1) is 13.0. The van der Waals surface area contributed by atoms with Crippen molar-refractivity contribution in [1.29, 1.82) is 0 Å². The Hall–Kier alpha value is -1.81. The molecule has 0 aliphatic rings. The number of benzene rings is 1. The first-order valence-corrected chi connectivity index (χ1v) is 10.1. The van der Waals surface area contributed by atoms with Crippen molar-refractivity contribution in [2.45, 2.75) is 31.7 Å². The van der Waals surface area contributed by atoms with Gasteiger partial charge in [-0.15, -0.1) is 35.7 Å². The molecule has 28 heavy (non-hydrogen) atoms. The van der Waals surface area contributed by atoms with Crippen LogP contribution >= 0.6 is 35.7 Å². The van der Waals surface area contributed by atoms with Crippen LogP contribution in [0.5, 0.6) is 0 Å². The van der Waals surface area contributed by atoms with Crippen molar-refractivity contribution < 1.29 is 4.79 Å². The average molecular weight is 513 g/mol. The van der Waals surface area contributed by atoms with Crippen molar-refractivity contribution >= 4 is 53.4 Å². The molecule has 0 saturated heterocycles. The van der Waals surface area contributed by atoms with Gasteiger partial charge in [-0.25, -0.2) is 4.98 Å². The number of pyridine rings is 1. The van der Waals surface area contributed by atoms with Gasteiger partial charge in [-0.05, 0) is 49.4 Å². The number of guanidine groups is 1. The normalized spacial score (nSPS) is 10.8. The molecule has 0 fully saturated rings. The van der Waals surface area contributed by atoms with E-state index in [1.54, 1.807) is 24.9 Å². The zero-order valence-electron chi connectivity index (χ0n) is 16.7. The molecule has 2 rings (SSSR count). The third-order valence-electron chi connectivity index (χ3n) is 3.91. The Morgan fingerprint density at radius 1 is 1.18 bits per heavy atom. The molecule has 0 atom stereocenters. The van der Waals surface area contributed by atoms with E-state index in [2.05, 4.69) is 57.3 Å². The van der Waals surface area contributed by atoms with E-state index in [4.69, 9.17) is 0 Å². The highest BCUT2D eigenvalue weighted by Crippen LogP contribution is 2.21. The quantitative estimate of drug-likeness (QED) is 0.228. The number of hydrogen-bond donors (Lipinski definition) is 3. The third-order valence-corrected chi connectivity index (χ3v) is 4.73. The lowest BCUT2D eigenvalue weighted by atomic mass is 10.1. The van der Waals surface area contributed by atoms with Gasteiger partial charge in [0.15, 0.2) is 5.96 Å². The van der Waals surface area contributed by atoms with E-state index in [0.717, 1.165) is 5.69 Å². The Balaban J connectivity index is 0.00000392. The molecular formula is C20H28IN5OS. The number of aromatic nitrogens is 1. The van der Waals surface area contributed by atoms with Crippen molar-refractivity contribution in [2.24, 2.45) is 4.99 Å². The molecule has 2 aromatic rings. The maximum Gasteiger partial charge on any atom is 0.227 e. The highest BCUT2D eigenvalue weighted by Gasteiger charge is 2.06. The Bertz CT molecular complexity index is 813. The summed E-state index contributed by atoms with van der Waals surface area (Å²) in [5, 5.41) is 9.26. The summed E-state index contributed by atoms with van der Waals surface area (Å²) in [5.74, 6) is 1.16. The molecule has 152 valence electrons. The number of carbonyl (C=O) groups is 1. The standard InChI is InChI=1S/C20H27N5OS.HI/c1-14-8-9-16(17(12-14)27-4)13-23-20(21-3)22-11-10-19(26)25-18-7-5-6-15(2)24-18;/h5-9,12H,10-11,13H2,1-4H3,(H2,21,22,23)(H,24,25,26);1H. The summed E-state index contributed by atoms with van der Waals surface area (Å²) in [5.41, 5.74) is 3.34. The molecule has 0 saturated carbocycles. The van der Waals surface area contributed by atoms with Gasteiger partial charge in [-0.3, -0.25) is 9.79 Å². The van der Waals surface area contributed by atoms with Crippen molar-refractivity contribution in [2.75, 3.05) is 25.2 Å². The molecule has 0 aliphatic heterocycles. The summed E-state index contributed by atoms with van der Waals surface area (Å²) in [4.78, 5) is 21.8. The molecule has 8 heteroatoms. The summed E-state index contributed by atoms with van der Waals surface area (Å²) in [6, 6.07) is 12.0. The average Bonchev–Trinajstić information content (AvgIpc) is 2.65. The lowest BCUT2D eigenvalue weighted by molar-refractivity contribution is -0.116. The van der Waals surface area contributed by atoms with Crippen LogP contribution in [0.1, 0.15) is 23.2 Å². The molecule has 0 unspecified atom stereocenters. The fourth-order valence-electron chi connectivity index (χ4n) is 2.51. The number of carbonyl (C=O) groups excluding carboxylic acids is 1. The Labute approximate surface area is 188 Å². The van der Waals surface area contributed by atoms with Gasteiger partial charge in [0.2, 0.25) is 5.91 Å². The van der Waals surface area contributed by atoms with Crippen LogP contribution in [0.3, 0.4) is 0 Å². The largest absolute Gasteiger partial charge is 0.356 e. The topological polar surface area (TPSA) is 78.4 Å². The minimum absolute atomic E-state index is 0. The zero-order valence-corrected chi connectivity index (χ0v) is 19.9. The van der Waals surface area contributed by atoms with Gasteiger partial charge in [0.1, 0.15) is 5.82 Å². The summed E-state index contributed by atoms with van der Waals surface area (Å²) in [7, 11) is 1.72. The van der Waals surface area contributed by atoms with Crippen LogP contribution in [0.15, 0.2) is 46.3 Å². The van der Waals surface area contributed by atoms with Crippen LogP contribution in [-0.4, -0.2) is 36.7 Å². The lowest BCUT2D eigenvalue weighted by Crippen LogP contribution is -2.38. The van der Waals surface area contributed by atoms with Crippen LogP contribution in [0.25, 0.3) is 0 Å². The molecule has 1 aromatic carbocycles. The summed E-state index contributed by atoms with van der Waals surface area (Å²) in [6.45, 7) is 5.15. The lowest BCUT2D eigenvalue weighted by Gasteiger charge is -2.14. The van der Waals surface area contributed by atoms with E-state index in [-0.39, 0.29) is 29.9 Å². The minimum Gasteiger partial charge on any atom is -0.356 e. The highest BCUT2D eigenvalue weighted by molar-refractivity contribution is 14.0. The predicted octanol–water partition coefficient (Wildman–Crippen LogP) is 3.73. The Kier molecular flexibility index (Phi) is 10.9. The molecule has 1 aromatic heterocycles. The Morgan fingerprint density at radius 3 is 2.64 bits per heavy atom. The third kappa shape index (κ3) is 8.05. The smallest absolute Gasteiger partial charge is 0.227 e. The van der Waals surface area contributed by atoms with Gasteiger partial charge in [0.25, 0.3) is 0 Å². The second-order valence-corrected chi connectivity index (χ2v) is 6.98. The number of amides is 1. The van der Waals surface area contributed by atoms with Gasteiger partial charge in [-0.2, -0.15) is 0 Å². The molecular weight excluding hydrogens is 485 g/mol. The van der Waals surface area contributed by atoms with Gasteiger partial charge in [0.05, 0.1) is 0 Å². The van der Waals surface area contributed by atoms with E-state index >= 15 is 0 Å². The molecule has 0 bridgehead atoms. The van der Waals surface area contributed by atoms with Crippen LogP contribution in [-0.2, 0) is 11.3 Å². The van der Waals surface area contributed by atoms with E-state index in [1.165, 1.54) is 16.0 Å². The fourth-order valence-corrected chi connectivity index (χ4v) is 3.22. The summed E-state index contributed by atoms with van der Waals surface area (Å²) >= 11 is 1.73. The number of aryl methyl sites for hydroxylation is 2. The molecule has 0 radical (unpaired) electrons. The van der Waals surface area contributed by atoms with E-state index in [9.17, 15) is 4.79 Å². The molecule has 6 nitrogen and oxygen atoms in total. The van der Waals surface area contributed by atoms with Gasteiger partial charge in [-0.1, -0.05) is 18.2 Å². The number of nitrogens with zero attached hydrogens (tertiary/aromatic N) is 2. The van der Waals surface area contributed by atoms with Crippen molar-refractivity contribution in [3.63, 3.8) is 0 Å². The maximum atomic E-state index is 12.0. The predicted molar refractivity (Wildman–Crippen MR) is 129 cm³/mol. The maximum absolute atomic E-state index is 12.0.